The van der Waals surface area contributed by atoms with E-state index >= 15 is 0 Å². The highest BCUT2D eigenvalue weighted by molar-refractivity contribution is 7.89. The molecule has 0 spiro atoms. The van der Waals surface area contributed by atoms with Gasteiger partial charge in [-0.1, -0.05) is 31.2 Å². The van der Waals surface area contributed by atoms with Gasteiger partial charge in [0.15, 0.2) is 0 Å². The molecular formula is C20H22F4N2O3S. The van der Waals surface area contributed by atoms with Gasteiger partial charge in [0.2, 0.25) is 15.9 Å². The number of halogens is 4. The van der Waals surface area contributed by atoms with E-state index in [1.807, 2.05) is 6.92 Å². The summed E-state index contributed by atoms with van der Waals surface area (Å²) in [6.45, 7) is 2.45. The zero-order valence-corrected chi connectivity index (χ0v) is 17.2. The molecule has 0 aliphatic carbocycles. The van der Waals surface area contributed by atoms with Crippen LogP contribution in [0.5, 0.6) is 0 Å². The summed E-state index contributed by atoms with van der Waals surface area (Å²) in [6.07, 6.45) is -4.31. The van der Waals surface area contributed by atoms with Gasteiger partial charge in [-0.25, -0.2) is 12.8 Å². The number of nitrogens with zero attached hydrogens (tertiary/aromatic N) is 1. The second kappa shape index (κ2) is 9.57. The van der Waals surface area contributed by atoms with Gasteiger partial charge >= 0.3 is 6.18 Å². The Kier molecular flexibility index (Phi) is 7.59. The molecule has 0 saturated heterocycles. The fourth-order valence-electron chi connectivity index (χ4n) is 2.67. The van der Waals surface area contributed by atoms with Crippen LogP contribution in [0.3, 0.4) is 0 Å². The maximum Gasteiger partial charge on any atom is 0.417 e. The van der Waals surface area contributed by atoms with Crippen LogP contribution in [-0.2, 0) is 27.5 Å². The molecule has 0 aliphatic heterocycles. The molecule has 0 heterocycles. The SMILES string of the molecule is CCC(C)NC(=O)CN(Cc1ccc(F)cc1)S(=O)(=O)c1ccccc1C(F)(F)F. The molecule has 0 aliphatic rings. The number of alkyl halides is 3. The number of hydrogen-bond donors (Lipinski definition) is 1. The molecule has 0 fully saturated rings. The van der Waals surface area contributed by atoms with Crippen molar-refractivity contribution in [2.75, 3.05) is 6.54 Å². The lowest BCUT2D eigenvalue weighted by atomic mass is 10.2. The van der Waals surface area contributed by atoms with E-state index in [0.717, 1.165) is 24.3 Å². The highest BCUT2D eigenvalue weighted by atomic mass is 32.2. The highest BCUT2D eigenvalue weighted by Crippen LogP contribution is 2.35. The van der Waals surface area contributed by atoms with Gasteiger partial charge in [0, 0.05) is 12.6 Å². The molecule has 1 amide bonds. The van der Waals surface area contributed by atoms with Gasteiger partial charge in [0.1, 0.15) is 5.82 Å². The van der Waals surface area contributed by atoms with Gasteiger partial charge in [-0.2, -0.15) is 17.5 Å². The van der Waals surface area contributed by atoms with Crippen molar-refractivity contribution < 1.29 is 30.8 Å². The zero-order chi connectivity index (χ0) is 22.5. The standard InChI is InChI=1S/C20H22F4N2O3S/c1-3-14(2)25-19(27)13-26(12-15-8-10-16(21)11-9-15)30(28,29)18-7-5-4-6-17(18)20(22,23)24/h4-11,14H,3,12-13H2,1-2H3,(H,25,27). The van der Waals surface area contributed by atoms with E-state index in [2.05, 4.69) is 5.32 Å². The third-order valence-corrected chi connectivity index (χ3v) is 6.27. The molecule has 5 nitrogen and oxygen atoms in total. The fraction of sp³-hybridized carbons (Fsp3) is 0.350. The average Bonchev–Trinajstić information content (AvgIpc) is 2.68. The Morgan fingerprint density at radius 3 is 2.27 bits per heavy atom. The molecule has 0 radical (unpaired) electrons. The molecule has 2 rings (SSSR count). The molecule has 1 N–H and O–H groups in total. The van der Waals surface area contributed by atoms with E-state index in [1.165, 1.54) is 18.2 Å². The maximum absolute atomic E-state index is 13.4. The van der Waals surface area contributed by atoms with E-state index in [4.69, 9.17) is 0 Å². The van der Waals surface area contributed by atoms with Crippen molar-refractivity contribution in [1.29, 1.82) is 0 Å². The predicted molar refractivity (Wildman–Crippen MR) is 103 cm³/mol. The third kappa shape index (κ3) is 6.02. The molecule has 0 aromatic heterocycles. The molecule has 2 aromatic rings. The first-order valence-corrected chi connectivity index (χ1v) is 10.6. The lowest BCUT2D eigenvalue weighted by Gasteiger charge is -2.24. The summed E-state index contributed by atoms with van der Waals surface area (Å²) in [6, 6.07) is 8.35. The quantitative estimate of drug-likeness (QED) is 0.625. The van der Waals surface area contributed by atoms with Crippen LogP contribution in [0.25, 0.3) is 0 Å². The van der Waals surface area contributed by atoms with Gasteiger partial charge in [0.05, 0.1) is 17.0 Å². The first-order valence-electron chi connectivity index (χ1n) is 9.15. The molecule has 30 heavy (non-hydrogen) atoms. The van der Waals surface area contributed by atoms with E-state index in [-0.39, 0.29) is 6.04 Å². The lowest BCUT2D eigenvalue weighted by molar-refractivity contribution is -0.139. The topological polar surface area (TPSA) is 66.5 Å². The van der Waals surface area contributed by atoms with Crippen LogP contribution in [0.15, 0.2) is 53.4 Å². The molecule has 10 heteroatoms. The van der Waals surface area contributed by atoms with E-state index in [0.29, 0.717) is 22.4 Å². The van der Waals surface area contributed by atoms with Gasteiger partial charge in [0.25, 0.3) is 0 Å². The smallest absolute Gasteiger partial charge is 0.353 e. The highest BCUT2D eigenvalue weighted by Gasteiger charge is 2.39. The van der Waals surface area contributed by atoms with Crippen molar-refractivity contribution in [2.45, 2.75) is 43.9 Å². The number of carbonyl (C=O) groups excluding carboxylic acids is 1. The Hall–Kier alpha value is -2.46. The number of amides is 1. The second-order valence-corrected chi connectivity index (χ2v) is 8.68. The minimum Gasteiger partial charge on any atom is -0.353 e. The Morgan fingerprint density at radius 2 is 1.70 bits per heavy atom. The van der Waals surface area contributed by atoms with Crippen molar-refractivity contribution in [2.24, 2.45) is 0 Å². The average molecular weight is 446 g/mol. The molecule has 0 bridgehead atoms. The van der Waals surface area contributed by atoms with Crippen LogP contribution < -0.4 is 5.32 Å². The number of nitrogens with one attached hydrogen (secondary N) is 1. The van der Waals surface area contributed by atoms with E-state index < -0.39 is 51.5 Å². The Bertz CT molecular complexity index is 976. The first kappa shape index (κ1) is 23.8. The fourth-order valence-corrected chi connectivity index (χ4v) is 4.26. The summed E-state index contributed by atoms with van der Waals surface area (Å²) >= 11 is 0. The largest absolute Gasteiger partial charge is 0.417 e. The molecule has 1 unspecified atom stereocenters. The Balaban J connectivity index is 2.46. The van der Waals surface area contributed by atoms with Crippen molar-refractivity contribution in [3.63, 3.8) is 0 Å². The summed E-state index contributed by atoms with van der Waals surface area (Å²) < 4.78 is 80.3. The molecule has 164 valence electrons. The Morgan fingerprint density at radius 1 is 1.10 bits per heavy atom. The molecular weight excluding hydrogens is 424 g/mol. The monoisotopic (exact) mass is 446 g/mol. The summed E-state index contributed by atoms with van der Waals surface area (Å²) in [5.41, 5.74) is -1.00. The molecule has 2 aromatic carbocycles. The van der Waals surface area contributed by atoms with Crippen LogP contribution in [0.1, 0.15) is 31.4 Å². The van der Waals surface area contributed by atoms with Crippen LogP contribution >= 0.6 is 0 Å². The predicted octanol–water partition coefficient (Wildman–Crippen LogP) is 3.95. The van der Waals surface area contributed by atoms with Crippen molar-refractivity contribution in [3.8, 4) is 0 Å². The van der Waals surface area contributed by atoms with E-state index in [1.54, 1.807) is 6.92 Å². The second-order valence-electron chi connectivity index (χ2n) is 6.77. The van der Waals surface area contributed by atoms with Crippen LogP contribution in [0.4, 0.5) is 17.6 Å². The zero-order valence-electron chi connectivity index (χ0n) is 16.4. The number of rotatable bonds is 8. The molecule has 0 saturated carbocycles. The minimum atomic E-state index is -4.90. The van der Waals surface area contributed by atoms with Crippen molar-refractivity contribution in [3.05, 3.63) is 65.5 Å². The van der Waals surface area contributed by atoms with Crippen LogP contribution in [-0.4, -0.2) is 31.2 Å². The van der Waals surface area contributed by atoms with Gasteiger partial charge in [-0.15, -0.1) is 0 Å². The maximum atomic E-state index is 13.4. The lowest BCUT2D eigenvalue weighted by Crippen LogP contribution is -2.43. The molecule has 1 atom stereocenters. The van der Waals surface area contributed by atoms with Gasteiger partial charge in [-0.05, 0) is 43.2 Å². The number of sulfonamides is 1. The van der Waals surface area contributed by atoms with Crippen molar-refractivity contribution in [1.82, 2.24) is 9.62 Å². The number of carbonyl (C=O) groups is 1. The number of hydrogen-bond acceptors (Lipinski definition) is 3. The first-order chi connectivity index (χ1) is 13.9. The van der Waals surface area contributed by atoms with E-state index in [9.17, 15) is 30.8 Å². The summed E-state index contributed by atoms with van der Waals surface area (Å²) in [5.74, 6) is -1.20. The van der Waals surface area contributed by atoms with Gasteiger partial charge < -0.3 is 5.32 Å². The Labute approximate surface area is 172 Å². The van der Waals surface area contributed by atoms with Gasteiger partial charge in [-0.3, -0.25) is 4.79 Å². The normalized spacial score (nSPS) is 13.3. The van der Waals surface area contributed by atoms with Crippen molar-refractivity contribution >= 4 is 15.9 Å². The minimum absolute atomic E-state index is 0.240. The van der Waals surface area contributed by atoms with Crippen LogP contribution in [0, 0.1) is 5.82 Å². The third-order valence-electron chi connectivity index (χ3n) is 4.42. The van der Waals surface area contributed by atoms with Crippen LogP contribution in [0.2, 0.25) is 0 Å². The summed E-state index contributed by atoms with van der Waals surface area (Å²) in [5, 5.41) is 2.60. The number of benzene rings is 2. The summed E-state index contributed by atoms with van der Waals surface area (Å²) in [7, 11) is -4.70. The summed E-state index contributed by atoms with van der Waals surface area (Å²) in [4.78, 5) is 11.4.